The average Bonchev–Trinajstić information content (AvgIpc) is 2.97. The number of guanidine groups is 1. The molecule has 0 radical (unpaired) electrons. The number of unbranched alkanes of at least 4 members (excludes halogenated alkanes) is 1. The van der Waals surface area contributed by atoms with E-state index in [1.807, 2.05) is 7.05 Å². The summed E-state index contributed by atoms with van der Waals surface area (Å²) in [4.78, 5) is 6.94. The minimum atomic E-state index is 0. The molecular formula is C17H34IN3O2. The molecule has 5 nitrogen and oxygen atoms in total. The number of halogens is 1. The van der Waals surface area contributed by atoms with Crippen LogP contribution < -0.4 is 5.32 Å². The Balaban J connectivity index is 0.00000264. The standard InChI is InChI=1S/C17H33N3O2.HI/c1-18-17(19-9-5-6-10-22-12-11-21-2)20-13-15-7-3-4-8-16(15)14-20;/h15-16H,3-14H2,1-2H3,(H,18,19);1H. The topological polar surface area (TPSA) is 46.1 Å². The van der Waals surface area contributed by atoms with Crippen molar-refractivity contribution in [1.29, 1.82) is 0 Å². The van der Waals surface area contributed by atoms with E-state index in [1.54, 1.807) is 7.11 Å². The number of likely N-dealkylation sites (tertiary alicyclic amines) is 1. The molecule has 1 N–H and O–H groups in total. The number of ether oxygens (including phenoxy) is 2. The molecule has 1 heterocycles. The van der Waals surface area contributed by atoms with Crippen molar-refractivity contribution in [2.75, 3.05) is 53.6 Å². The molecular weight excluding hydrogens is 405 g/mol. The molecule has 0 aromatic heterocycles. The lowest BCUT2D eigenvalue weighted by atomic mass is 9.82. The summed E-state index contributed by atoms with van der Waals surface area (Å²) in [5.74, 6) is 2.90. The molecule has 2 unspecified atom stereocenters. The molecule has 2 atom stereocenters. The molecule has 1 aliphatic heterocycles. The lowest BCUT2D eigenvalue weighted by Gasteiger charge is -2.22. The first-order valence-electron chi connectivity index (χ1n) is 8.87. The van der Waals surface area contributed by atoms with Gasteiger partial charge in [0.2, 0.25) is 0 Å². The van der Waals surface area contributed by atoms with E-state index >= 15 is 0 Å². The van der Waals surface area contributed by atoms with E-state index in [1.165, 1.54) is 38.8 Å². The Morgan fingerprint density at radius 3 is 2.39 bits per heavy atom. The molecule has 2 aliphatic rings. The van der Waals surface area contributed by atoms with Crippen LogP contribution in [0.15, 0.2) is 4.99 Å². The Morgan fingerprint density at radius 1 is 1.09 bits per heavy atom. The summed E-state index contributed by atoms with van der Waals surface area (Å²) in [7, 11) is 3.60. The normalized spacial score (nSPS) is 24.3. The molecule has 1 saturated heterocycles. The number of fused-ring (bicyclic) bond motifs is 1. The van der Waals surface area contributed by atoms with Crippen LogP contribution in [0, 0.1) is 11.8 Å². The minimum absolute atomic E-state index is 0. The SMILES string of the molecule is CN=C(NCCCCOCCOC)N1CC2CCCCC2C1.I. The predicted octanol–water partition coefficient (Wildman–Crippen LogP) is 2.75. The smallest absolute Gasteiger partial charge is 0.193 e. The van der Waals surface area contributed by atoms with Crippen LogP contribution in [0.3, 0.4) is 0 Å². The minimum Gasteiger partial charge on any atom is -0.382 e. The molecule has 23 heavy (non-hydrogen) atoms. The Hall–Kier alpha value is -0.0800. The third-order valence-corrected chi connectivity index (χ3v) is 4.92. The van der Waals surface area contributed by atoms with Crippen LogP contribution in [-0.2, 0) is 9.47 Å². The van der Waals surface area contributed by atoms with E-state index in [2.05, 4.69) is 15.2 Å². The number of nitrogens with one attached hydrogen (secondary N) is 1. The van der Waals surface area contributed by atoms with E-state index in [9.17, 15) is 0 Å². The third kappa shape index (κ3) is 7.13. The van der Waals surface area contributed by atoms with Gasteiger partial charge in [0.1, 0.15) is 0 Å². The maximum Gasteiger partial charge on any atom is 0.193 e. The zero-order chi connectivity index (χ0) is 15.6. The highest BCUT2D eigenvalue weighted by molar-refractivity contribution is 14.0. The van der Waals surface area contributed by atoms with E-state index in [0.717, 1.165) is 43.8 Å². The molecule has 0 amide bonds. The fourth-order valence-corrected chi connectivity index (χ4v) is 3.68. The van der Waals surface area contributed by atoms with Crippen LogP contribution in [-0.4, -0.2) is 64.5 Å². The number of hydrogen-bond donors (Lipinski definition) is 1. The molecule has 6 heteroatoms. The van der Waals surface area contributed by atoms with Crippen molar-refractivity contribution in [2.45, 2.75) is 38.5 Å². The van der Waals surface area contributed by atoms with Gasteiger partial charge in [-0.1, -0.05) is 12.8 Å². The Morgan fingerprint density at radius 2 is 1.78 bits per heavy atom. The fourth-order valence-electron chi connectivity index (χ4n) is 3.68. The largest absolute Gasteiger partial charge is 0.382 e. The second-order valence-corrected chi connectivity index (χ2v) is 6.50. The van der Waals surface area contributed by atoms with Crippen molar-refractivity contribution >= 4 is 29.9 Å². The Labute approximate surface area is 158 Å². The van der Waals surface area contributed by atoms with Crippen molar-refractivity contribution in [2.24, 2.45) is 16.8 Å². The molecule has 0 aromatic carbocycles. The molecule has 2 rings (SSSR count). The van der Waals surface area contributed by atoms with E-state index in [4.69, 9.17) is 9.47 Å². The van der Waals surface area contributed by atoms with Gasteiger partial charge in [-0.05, 0) is 37.5 Å². The number of aliphatic imine (C=N–C) groups is 1. The first-order valence-corrected chi connectivity index (χ1v) is 8.87. The maximum atomic E-state index is 5.48. The molecule has 0 bridgehead atoms. The summed E-state index contributed by atoms with van der Waals surface area (Å²) in [5.41, 5.74) is 0. The van der Waals surface area contributed by atoms with Crippen LogP contribution in [0.1, 0.15) is 38.5 Å². The zero-order valence-electron chi connectivity index (χ0n) is 14.8. The van der Waals surface area contributed by atoms with Gasteiger partial charge >= 0.3 is 0 Å². The summed E-state index contributed by atoms with van der Waals surface area (Å²) in [6.45, 7) is 5.57. The summed E-state index contributed by atoms with van der Waals surface area (Å²) >= 11 is 0. The van der Waals surface area contributed by atoms with Gasteiger partial charge in [-0.3, -0.25) is 4.99 Å². The molecule has 0 spiro atoms. The molecule has 0 aromatic rings. The van der Waals surface area contributed by atoms with E-state index in [-0.39, 0.29) is 24.0 Å². The average molecular weight is 439 g/mol. The highest BCUT2D eigenvalue weighted by atomic mass is 127. The third-order valence-electron chi connectivity index (χ3n) is 4.92. The quantitative estimate of drug-likeness (QED) is 0.274. The van der Waals surface area contributed by atoms with Crippen molar-refractivity contribution in [1.82, 2.24) is 10.2 Å². The highest BCUT2D eigenvalue weighted by Crippen LogP contribution is 2.35. The number of methoxy groups -OCH3 is 1. The van der Waals surface area contributed by atoms with Crippen LogP contribution in [0.25, 0.3) is 0 Å². The first-order chi connectivity index (χ1) is 10.8. The monoisotopic (exact) mass is 439 g/mol. The van der Waals surface area contributed by atoms with Crippen LogP contribution >= 0.6 is 24.0 Å². The summed E-state index contributed by atoms with van der Waals surface area (Å²) in [6, 6.07) is 0. The van der Waals surface area contributed by atoms with Gasteiger partial charge in [0.15, 0.2) is 5.96 Å². The van der Waals surface area contributed by atoms with Gasteiger partial charge in [0, 0.05) is 40.4 Å². The van der Waals surface area contributed by atoms with E-state index < -0.39 is 0 Å². The second-order valence-electron chi connectivity index (χ2n) is 6.50. The predicted molar refractivity (Wildman–Crippen MR) is 106 cm³/mol. The number of nitrogens with zero attached hydrogens (tertiary/aromatic N) is 2. The van der Waals surface area contributed by atoms with Crippen molar-refractivity contribution in [3.8, 4) is 0 Å². The maximum absolute atomic E-state index is 5.48. The first kappa shape index (κ1) is 21.0. The lowest BCUT2D eigenvalue weighted by Crippen LogP contribution is -2.40. The second kappa shape index (κ2) is 12.3. The Kier molecular flexibility index (Phi) is 11.2. The Bertz CT molecular complexity index is 328. The zero-order valence-corrected chi connectivity index (χ0v) is 17.1. The van der Waals surface area contributed by atoms with Crippen LogP contribution in [0.5, 0.6) is 0 Å². The molecule has 1 aliphatic carbocycles. The molecule has 1 saturated carbocycles. The van der Waals surface area contributed by atoms with Gasteiger partial charge in [-0.15, -0.1) is 24.0 Å². The van der Waals surface area contributed by atoms with Crippen LogP contribution in [0.2, 0.25) is 0 Å². The van der Waals surface area contributed by atoms with Crippen LogP contribution in [0.4, 0.5) is 0 Å². The van der Waals surface area contributed by atoms with E-state index in [0.29, 0.717) is 13.2 Å². The summed E-state index contributed by atoms with van der Waals surface area (Å²) in [6.07, 6.45) is 7.87. The van der Waals surface area contributed by atoms with Crippen molar-refractivity contribution in [3.05, 3.63) is 0 Å². The van der Waals surface area contributed by atoms with Gasteiger partial charge in [0.05, 0.1) is 13.2 Å². The molecule has 136 valence electrons. The molecule has 2 fully saturated rings. The number of rotatable bonds is 8. The highest BCUT2D eigenvalue weighted by Gasteiger charge is 2.35. The van der Waals surface area contributed by atoms with Gasteiger partial charge < -0.3 is 19.7 Å². The fraction of sp³-hybridized carbons (Fsp3) is 0.941. The van der Waals surface area contributed by atoms with Gasteiger partial charge in [-0.25, -0.2) is 0 Å². The van der Waals surface area contributed by atoms with Crippen molar-refractivity contribution < 1.29 is 9.47 Å². The summed E-state index contributed by atoms with van der Waals surface area (Å²) in [5, 5.41) is 3.52. The summed E-state index contributed by atoms with van der Waals surface area (Å²) < 4.78 is 10.4. The van der Waals surface area contributed by atoms with Gasteiger partial charge in [0.25, 0.3) is 0 Å². The van der Waals surface area contributed by atoms with Crippen molar-refractivity contribution in [3.63, 3.8) is 0 Å². The van der Waals surface area contributed by atoms with Gasteiger partial charge in [-0.2, -0.15) is 0 Å². The number of hydrogen-bond acceptors (Lipinski definition) is 3. The lowest BCUT2D eigenvalue weighted by molar-refractivity contribution is 0.0689.